The molecule has 0 bridgehead atoms. The number of methoxy groups -OCH3 is 2. The molecular formula is C21H24BrN3O3. The average molecular weight is 446 g/mol. The number of anilines is 1. The first-order valence-electron chi connectivity index (χ1n) is 9.35. The van der Waals surface area contributed by atoms with E-state index in [4.69, 9.17) is 9.47 Å². The van der Waals surface area contributed by atoms with Gasteiger partial charge in [0.15, 0.2) is 0 Å². The normalized spacial score (nSPS) is 18.2. The number of hydrogen-bond donors (Lipinski definition) is 2. The molecule has 2 aliphatic heterocycles. The number of fused-ring (bicyclic) bond motifs is 1. The third kappa shape index (κ3) is 3.69. The van der Waals surface area contributed by atoms with Gasteiger partial charge in [-0.25, -0.2) is 0 Å². The van der Waals surface area contributed by atoms with Crippen LogP contribution in [0.25, 0.3) is 0 Å². The van der Waals surface area contributed by atoms with Crippen LogP contribution in [0.5, 0.6) is 11.5 Å². The minimum Gasteiger partial charge on any atom is -0.497 e. The molecule has 0 unspecified atom stereocenters. The Balaban J connectivity index is 1.44. The Labute approximate surface area is 173 Å². The number of likely N-dealkylation sites (tertiary alicyclic amines) is 1. The lowest BCUT2D eigenvalue weighted by molar-refractivity contribution is 0.0821. The summed E-state index contributed by atoms with van der Waals surface area (Å²) in [5.41, 5.74) is 2.34. The van der Waals surface area contributed by atoms with Crippen molar-refractivity contribution in [1.29, 1.82) is 0 Å². The van der Waals surface area contributed by atoms with Gasteiger partial charge in [-0.05, 0) is 24.3 Å². The number of ether oxygens (including phenoxy) is 2. The SMILES string of the molecule is COc1ccc(CN2CCC3(CC2)NC(=O)c2cc(Br)ccc2N3)c(OC)c1. The van der Waals surface area contributed by atoms with Crippen molar-refractivity contribution in [2.24, 2.45) is 0 Å². The molecule has 2 aromatic carbocycles. The fourth-order valence-electron chi connectivity index (χ4n) is 3.95. The molecule has 148 valence electrons. The van der Waals surface area contributed by atoms with Gasteiger partial charge in [0.05, 0.1) is 19.8 Å². The van der Waals surface area contributed by atoms with Crippen LogP contribution in [0.3, 0.4) is 0 Å². The Hall–Kier alpha value is -2.25. The highest BCUT2D eigenvalue weighted by atomic mass is 79.9. The van der Waals surface area contributed by atoms with E-state index in [1.54, 1.807) is 14.2 Å². The number of rotatable bonds is 4. The van der Waals surface area contributed by atoms with E-state index >= 15 is 0 Å². The van der Waals surface area contributed by atoms with Gasteiger partial charge >= 0.3 is 0 Å². The first-order chi connectivity index (χ1) is 13.5. The van der Waals surface area contributed by atoms with E-state index < -0.39 is 0 Å². The van der Waals surface area contributed by atoms with Gasteiger partial charge in [0.1, 0.15) is 17.2 Å². The molecule has 0 radical (unpaired) electrons. The Bertz CT molecular complexity index is 894. The summed E-state index contributed by atoms with van der Waals surface area (Å²) in [7, 11) is 3.33. The molecule has 2 aliphatic rings. The van der Waals surface area contributed by atoms with E-state index in [2.05, 4.69) is 37.5 Å². The highest BCUT2D eigenvalue weighted by Crippen LogP contribution is 2.34. The maximum Gasteiger partial charge on any atom is 0.255 e. The summed E-state index contributed by atoms with van der Waals surface area (Å²) in [6.45, 7) is 2.57. The van der Waals surface area contributed by atoms with Crippen molar-refractivity contribution in [2.45, 2.75) is 25.0 Å². The van der Waals surface area contributed by atoms with Gasteiger partial charge in [0.25, 0.3) is 5.91 Å². The number of piperidine rings is 1. The summed E-state index contributed by atoms with van der Waals surface area (Å²) in [6, 6.07) is 11.7. The van der Waals surface area contributed by atoms with Crippen molar-refractivity contribution in [2.75, 3.05) is 32.6 Å². The summed E-state index contributed by atoms with van der Waals surface area (Å²) in [5.74, 6) is 1.61. The largest absolute Gasteiger partial charge is 0.497 e. The van der Waals surface area contributed by atoms with E-state index in [-0.39, 0.29) is 11.6 Å². The van der Waals surface area contributed by atoms with Crippen LogP contribution in [0.1, 0.15) is 28.8 Å². The lowest BCUT2D eigenvalue weighted by atomic mass is 9.92. The molecule has 4 rings (SSSR count). The van der Waals surface area contributed by atoms with Crippen LogP contribution in [-0.4, -0.2) is 43.8 Å². The monoisotopic (exact) mass is 445 g/mol. The second-order valence-corrected chi connectivity index (χ2v) is 8.22. The number of hydrogen-bond acceptors (Lipinski definition) is 5. The van der Waals surface area contributed by atoms with E-state index in [1.165, 1.54) is 0 Å². The maximum atomic E-state index is 12.6. The second-order valence-electron chi connectivity index (χ2n) is 7.31. The zero-order valence-electron chi connectivity index (χ0n) is 16.0. The van der Waals surface area contributed by atoms with E-state index in [9.17, 15) is 4.79 Å². The molecule has 1 spiro atoms. The summed E-state index contributed by atoms with van der Waals surface area (Å²) in [4.78, 5) is 15.0. The predicted octanol–water partition coefficient (Wildman–Crippen LogP) is 3.61. The van der Waals surface area contributed by atoms with Crippen molar-refractivity contribution >= 4 is 27.5 Å². The molecule has 2 aromatic rings. The molecule has 0 saturated carbocycles. The second kappa shape index (κ2) is 7.64. The van der Waals surface area contributed by atoms with Crippen molar-refractivity contribution in [1.82, 2.24) is 10.2 Å². The van der Waals surface area contributed by atoms with Crippen molar-refractivity contribution in [3.63, 3.8) is 0 Å². The molecule has 1 saturated heterocycles. The first kappa shape index (κ1) is 19.1. The summed E-state index contributed by atoms with van der Waals surface area (Å²) < 4.78 is 11.7. The van der Waals surface area contributed by atoms with Gasteiger partial charge < -0.3 is 20.1 Å². The quantitative estimate of drug-likeness (QED) is 0.752. The van der Waals surface area contributed by atoms with E-state index in [0.717, 1.165) is 59.7 Å². The molecule has 2 heterocycles. The standard InChI is InChI=1S/C21H24BrN3O3/c1-27-16-5-3-14(19(12-16)28-2)13-25-9-7-21(8-10-25)23-18-6-4-15(22)11-17(18)20(26)24-21/h3-6,11-12,23H,7-10,13H2,1-2H3,(H,24,26). The van der Waals surface area contributed by atoms with Crippen LogP contribution in [-0.2, 0) is 6.54 Å². The Morgan fingerprint density at radius 1 is 1.07 bits per heavy atom. The molecule has 0 aromatic heterocycles. The molecule has 0 aliphatic carbocycles. The van der Waals surface area contributed by atoms with E-state index in [1.807, 2.05) is 30.3 Å². The average Bonchev–Trinajstić information content (AvgIpc) is 2.71. The van der Waals surface area contributed by atoms with Gasteiger partial charge in [-0.15, -0.1) is 0 Å². The van der Waals surface area contributed by atoms with Crippen LogP contribution >= 0.6 is 15.9 Å². The molecule has 1 amide bonds. The van der Waals surface area contributed by atoms with Crippen LogP contribution in [0, 0.1) is 0 Å². The Morgan fingerprint density at radius 2 is 1.86 bits per heavy atom. The molecule has 1 fully saturated rings. The molecule has 2 N–H and O–H groups in total. The minimum absolute atomic E-state index is 0.0136. The molecule has 7 heteroatoms. The minimum atomic E-state index is -0.377. The zero-order chi connectivity index (χ0) is 19.7. The summed E-state index contributed by atoms with van der Waals surface area (Å²) in [6.07, 6.45) is 1.68. The van der Waals surface area contributed by atoms with Crippen molar-refractivity contribution in [3.05, 3.63) is 52.0 Å². The molecule has 6 nitrogen and oxygen atoms in total. The van der Waals surface area contributed by atoms with Gasteiger partial charge in [0, 0.05) is 54.3 Å². The number of carbonyl (C=O) groups is 1. The first-order valence-corrected chi connectivity index (χ1v) is 10.1. The van der Waals surface area contributed by atoms with Gasteiger partial charge in [0.2, 0.25) is 0 Å². The number of carbonyl (C=O) groups excluding carboxylic acids is 1. The number of nitrogens with zero attached hydrogens (tertiary/aromatic N) is 1. The fourth-order valence-corrected chi connectivity index (χ4v) is 4.31. The third-order valence-corrected chi connectivity index (χ3v) is 6.04. The zero-order valence-corrected chi connectivity index (χ0v) is 17.6. The van der Waals surface area contributed by atoms with Crippen LogP contribution in [0.15, 0.2) is 40.9 Å². The van der Waals surface area contributed by atoms with Gasteiger partial charge in [-0.2, -0.15) is 0 Å². The topological polar surface area (TPSA) is 62.8 Å². The Kier molecular flexibility index (Phi) is 5.21. The smallest absolute Gasteiger partial charge is 0.255 e. The maximum absolute atomic E-state index is 12.6. The third-order valence-electron chi connectivity index (χ3n) is 5.55. The lowest BCUT2D eigenvalue weighted by Crippen LogP contribution is -2.62. The van der Waals surface area contributed by atoms with Gasteiger partial charge in [-0.3, -0.25) is 9.69 Å². The van der Waals surface area contributed by atoms with Crippen LogP contribution < -0.4 is 20.1 Å². The molecule has 28 heavy (non-hydrogen) atoms. The number of benzene rings is 2. The number of halogens is 1. The van der Waals surface area contributed by atoms with Crippen LogP contribution in [0.4, 0.5) is 5.69 Å². The van der Waals surface area contributed by atoms with Crippen molar-refractivity contribution in [3.8, 4) is 11.5 Å². The summed E-state index contributed by atoms with van der Waals surface area (Å²) >= 11 is 3.43. The van der Waals surface area contributed by atoms with E-state index in [0.29, 0.717) is 5.56 Å². The number of nitrogens with one attached hydrogen (secondary N) is 2. The summed E-state index contributed by atoms with van der Waals surface area (Å²) in [5, 5.41) is 6.77. The highest BCUT2D eigenvalue weighted by molar-refractivity contribution is 9.10. The molecular weight excluding hydrogens is 422 g/mol. The predicted molar refractivity (Wildman–Crippen MR) is 112 cm³/mol. The molecule has 0 atom stereocenters. The van der Waals surface area contributed by atoms with Crippen LogP contribution in [0.2, 0.25) is 0 Å². The number of amides is 1. The fraction of sp³-hybridized carbons (Fsp3) is 0.381. The highest BCUT2D eigenvalue weighted by Gasteiger charge is 2.40. The van der Waals surface area contributed by atoms with Crippen molar-refractivity contribution < 1.29 is 14.3 Å². The Morgan fingerprint density at radius 3 is 2.57 bits per heavy atom. The lowest BCUT2D eigenvalue weighted by Gasteiger charge is -2.46. The van der Waals surface area contributed by atoms with Gasteiger partial charge in [-0.1, -0.05) is 22.0 Å².